The number of rotatable bonds is 7. The Morgan fingerprint density at radius 1 is 1.03 bits per heavy atom. The largest absolute Gasteiger partial charge is 0.493 e. The lowest BCUT2D eigenvalue weighted by Gasteiger charge is -2.08. The van der Waals surface area contributed by atoms with Crippen LogP contribution in [-0.2, 0) is 11.3 Å². The van der Waals surface area contributed by atoms with Crippen LogP contribution >= 0.6 is 45.2 Å². The first-order valence-corrected chi connectivity index (χ1v) is 12.1. The first-order valence-electron chi connectivity index (χ1n) is 9.97. The molecule has 1 aromatic heterocycles. The van der Waals surface area contributed by atoms with E-state index in [0.717, 1.165) is 22.3 Å². The molecule has 0 fully saturated rings. The molecule has 0 atom stereocenters. The van der Waals surface area contributed by atoms with Gasteiger partial charge in [0.1, 0.15) is 5.75 Å². The molecule has 0 aliphatic carbocycles. The number of amides is 1. The molecule has 1 heterocycles. The number of carbonyl (C=O) groups excluding carboxylic acids is 1. The molecular weight excluding hydrogens is 616 g/mol. The summed E-state index contributed by atoms with van der Waals surface area (Å²) in [5.74, 6) is 0.619. The molecule has 158 valence electrons. The first kappa shape index (κ1) is 22.1. The molecule has 4 aromatic rings. The van der Waals surface area contributed by atoms with Gasteiger partial charge in [0.25, 0.3) is 0 Å². The molecule has 1 amide bonds. The second-order valence-corrected chi connectivity index (χ2v) is 9.48. The van der Waals surface area contributed by atoms with Crippen molar-refractivity contribution in [1.82, 2.24) is 9.99 Å². The molecule has 0 aliphatic heterocycles. The minimum Gasteiger partial charge on any atom is -0.493 e. The number of hydrogen-bond acceptors (Lipinski definition) is 3. The van der Waals surface area contributed by atoms with Crippen molar-refractivity contribution in [2.24, 2.45) is 5.10 Å². The van der Waals surface area contributed by atoms with E-state index in [-0.39, 0.29) is 5.91 Å². The average molecular weight is 637 g/mol. The van der Waals surface area contributed by atoms with Crippen LogP contribution in [0, 0.1) is 7.14 Å². The standard InChI is InChI=1S/C24H21I2N3O2/c1-2-31-23-6-4-3-5-16(23)15-27-28-24(30)11-12-29-21-9-7-17(25)13-19(21)20-14-18(26)8-10-22(20)29/h3-10,13-15H,2,11-12H2,1H3,(H,28,30)/b27-15-. The molecule has 0 bridgehead atoms. The number of aryl methyl sites for hydroxylation is 1. The summed E-state index contributed by atoms with van der Waals surface area (Å²) in [6.07, 6.45) is 1.95. The van der Waals surface area contributed by atoms with E-state index in [4.69, 9.17) is 4.74 Å². The molecule has 0 radical (unpaired) electrons. The summed E-state index contributed by atoms with van der Waals surface area (Å²) in [4.78, 5) is 12.4. The molecule has 31 heavy (non-hydrogen) atoms. The van der Waals surface area contributed by atoms with Crippen molar-refractivity contribution in [3.05, 3.63) is 73.4 Å². The Morgan fingerprint density at radius 2 is 1.68 bits per heavy atom. The number of nitrogens with one attached hydrogen (secondary N) is 1. The Kier molecular flexibility index (Phi) is 7.11. The maximum absolute atomic E-state index is 12.4. The molecule has 0 aliphatic rings. The molecule has 0 saturated heterocycles. The van der Waals surface area contributed by atoms with E-state index >= 15 is 0 Å². The molecule has 3 aromatic carbocycles. The monoisotopic (exact) mass is 637 g/mol. The normalized spacial score (nSPS) is 11.5. The van der Waals surface area contributed by atoms with Crippen molar-refractivity contribution in [3.8, 4) is 5.75 Å². The lowest BCUT2D eigenvalue weighted by Crippen LogP contribution is -2.19. The predicted molar refractivity (Wildman–Crippen MR) is 143 cm³/mol. The zero-order valence-corrected chi connectivity index (χ0v) is 21.3. The van der Waals surface area contributed by atoms with Gasteiger partial charge in [0, 0.05) is 47.5 Å². The third kappa shape index (κ3) is 5.03. The Morgan fingerprint density at radius 3 is 2.32 bits per heavy atom. The Hall–Kier alpha value is -2.14. The van der Waals surface area contributed by atoms with E-state index in [1.165, 1.54) is 17.9 Å². The van der Waals surface area contributed by atoms with Crippen LogP contribution in [-0.4, -0.2) is 23.3 Å². The van der Waals surface area contributed by atoms with Crippen molar-refractivity contribution in [3.63, 3.8) is 0 Å². The second-order valence-electron chi connectivity index (χ2n) is 6.99. The summed E-state index contributed by atoms with van der Waals surface area (Å²) in [5, 5.41) is 6.54. The van der Waals surface area contributed by atoms with Crippen LogP contribution in [0.3, 0.4) is 0 Å². The van der Waals surface area contributed by atoms with Gasteiger partial charge in [0.2, 0.25) is 5.91 Å². The molecular formula is C24H21I2N3O2. The maximum Gasteiger partial charge on any atom is 0.241 e. The number of fused-ring (bicyclic) bond motifs is 3. The van der Waals surface area contributed by atoms with Crippen molar-refractivity contribution in [2.45, 2.75) is 19.9 Å². The minimum atomic E-state index is -0.129. The van der Waals surface area contributed by atoms with E-state index in [1.807, 2.05) is 31.2 Å². The number of carbonyl (C=O) groups is 1. The van der Waals surface area contributed by atoms with Crippen LogP contribution in [0.25, 0.3) is 21.8 Å². The summed E-state index contributed by atoms with van der Waals surface area (Å²) in [6, 6.07) is 20.5. The Bertz CT molecular complexity index is 1220. The van der Waals surface area contributed by atoms with Gasteiger partial charge in [0.05, 0.1) is 12.8 Å². The summed E-state index contributed by atoms with van der Waals surface area (Å²) >= 11 is 4.68. The summed E-state index contributed by atoms with van der Waals surface area (Å²) in [7, 11) is 0. The van der Waals surface area contributed by atoms with Gasteiger partial charge in [0.15, 0.2) is 0 Å². The van der Waals surface area contributed by atoms with Gasteiger partial charge in [-0.3, -0.25) is 4.79 Å². The number of nitrogens with zero attached hydrogens (tertiary/aromatic N) is 2. The highest BCUT2D eigenvalue weighted by Gasteiger charge is 2.12. The Balaban J connectivity index is 1.50. The second kappa shape index (κ2) is 9.99. The van der Waals surface area contributed by atoms with Crippen molar-refractivity contribution >= 4 is 79.1 Å². The smallest absolute Gasteiger partial charge is 0.241 e. The third-order valence-electron chi connectivity index (χ3n) is 4.96. The van der Waals surface area contributed by atoms with Crippen molar-refractivity contribution < 1.29 is 9.53 Å². The van der Waals surface area contributed by atoms with Crippen LogP contribution in [0.1, 0.15) is 18.9 Å². The average Bonchev–Trinajstić information content (AvgIpc) is 3.05. The third-order valence-corrected chi connectivity index (χ3v) is 6.31. The first-order chi connectivity index (χ1) is 15.1. The fraction of sp³-hybridized carbons (Fsp3) is 0.167. The maximum atomic E-state index is 12.4. The van der Waals surface area contributed by atoms with Crippen LogP contribution in [0.15, 0.2) is 65.8 Å². The van der Waals surface area contributed by atoms with E-state index in [1.54, 1.807) is 6.21 Å². The number of hydrazone groups is 1. The molecule has 4 rings (SSSR count). The van der Waals surface area contributed by atoms with E-state index in [0.29, 0.717) is 19.6 Å². The molecule has 5 nitrogen and oxygen atoms in total. The lowest BCUT2D eigenvalue weighted by atomic mass is 10.2. The van der Waals surface area contributed by atoms with Crippen LogP contribution in [0.2, 0.25) is 0 Å². The van der Waals surface area contributed by atoms with E-state index in [2.05, 4.69) is 96.7 Å². The van der Waals surface area contributed by atoms with Gasteiger partial charge < -0.3 is 9.30 Å². The molecule has 0 unspecified atom stereocenters. The minimum absolute atomic E-state index is 0.129. The number of halogens is 2. The quantitative estimate of drug-likeness (QED) is 0.155. The van der Waals surface area contributed by atoms with Crippen LogP contribution in [0.5, 0.6) is 5.75 Å². The molecule has 7 heteroatoms. The molecule has 0 saturated carbocycles. The van der Waals surface area contributed by atoms with Gasteiger partial charge in [-0.25, -0.2) is 5.43 Å². The zero-order chi connectivity index (χ0) is 21.8. The van der Waals surface area contributed by atoms with Crippen LogP contribution < -0.4 is 10.2 Å². The highest BCUT2D eigenvalue weighted by molar-refractivity contribution is 14.1. The van der Waals surface area contributed by atoms with E-state index < -0.39 is 0 Å². The van der Waals surface area contributed by atoms with Gasteiger partial charge in [-0.2, -0.15) is 5.10 Å². The number of aromatic nitrogens is 1. The number of benzene rings is 3. The van der Waals surface area contributed by atoms with Crippen molar-refractivity contribution in [2.75, 3.05) is 6.61 Å². The summed E-state index contributed by atoms with van der Waals surface area (Å²) < 4.78 is 10.2. The number of ether oxygens (including phenoxy) is 1. The highest BCUT2D eigenvalue weighted by Crippen LogP contribution is 2.31. The number of hydrogen-bond donors (Lipinski definition) is 1. The SMILES string of the molecule is CCOc1ccccc1/C=N\NC(=O)CCn1c2ccc(I)cc2c2cc(I)ccc21. The van der Waals surface area contributed by atoms with Crippen molar-refractivity contribution in [1.29, 1.82) is 0 Å². The summed E-state index contributed by atoms with van der Waals surface area (Å²) in [5.41, 5.74) is 5.74. The molecule has 0 spiro atoms. The van der Waals surface area contributed by atoms with Crippen LogP contribution in [0.4, 0.5) is 0 Å². The van der Waals surface area contributed by atoms with Gasteiger partial charge in [-0.1, -0.05) is 12.1 Å². The van der Waals surface area contributed by atoms with E-state index in [9.17, 15) is 4.79 Å². The topological polar surface area (TPSA) is 55.6 Å². The Labute approximate surface area is 208 Å². The van der Waals surface area contributed by atoms with Gasteiger partial charge in [-0.15, -0.1) is 0 Å². The van der Waals surface area contributed by atoms with Gasteiger partial charge >= 0.3 is 0 Å². The molecule has 1 N–H and O–H groups in total. The lowest BCUT2D eigenvalue weighted by molar-refractivity contribution is -0.121. The predicted octanol–water partition coefficient (Wildman–Crippen LogP) is 5.94. The fourth-order valence-corrected chi connectivity index (χ4v) is 4.59. The number of para-hydroxylation sites is 1. The summed E-state index contributed by atoms with van der Waals surface area (Å²) in [6.45, 7) is 3.10. The highest BCUT2D eigenvalue weighted by atomic mass is 127. The fourth-order valence-electron chi connectivity index (χ4n) is 3.61. The zero-order valence-electron chi connectivity index (χ0n) is 16.9. The van der Waals surface area contributed by atoms with Gasteiger partial charge in [-0.05, 0) is 101 Å².